The molecule has 0 radical (unpaired) electrons. The number of carbonyl (C=O) groups is 1. The van der Waals surface area contributed by atoms with Gasteiger partial charge in [-0.05, 0) is 17.7 Å². The van der Waals surface area contributed by atoms with Crippen LogP contribution in [0.15, 0.2) is 90.4 Å². The molecule has 0 aliphatic carbocycles. The van der Waals surface area contributed by atoms with Crippen molar-refractivity contribution in [1.82, 2.24) is 19.4 Å². The van der Waals surface area contributed by atoms with Crippen molar-refractivity contribution in [3.8, 4) is 0 Å². The minimum atomic E-state index is -0.187. The summed E-state index contributed by atoms with van der Waals surface area (Å²) in [4.78, 5) is 28.9. The molecule has 1 unspecified atom stereocenters. The zero-order valence-corrected chi connectivity index (χ0v) is 15.2. The van der Waals surface area contributed by atoms with Gasteiger partial charge in [0, 0.05) is 36.6 Å². The van der Waals surface area contributed by atoms with E-state index in [9.17, 15) is 9.59 Å². The van der Waals surface area contributed by atoms with Gasteiger partial charge in [0.2, 0.25) is 5.91 Å². The molecule has 28 heavy (non-hydrogen) atoms. The summed E-state index contributed by atoms with van der Waals surface area (Å²) in [5.41, 5.74) is 1.72. The third-order valence-electron chi connectivity index (χ3n) is 4.69. The molecule has 4 rings (SSSR count). The van der Waals surface area contributed by atoms with Crippen LogP contribution in [0.4, 0.5) is 0 Å². The number of fused-ring (bicyclic) bond motifs is 1. The monoisotopic (exact) mass is 372 g/mol. The number of para-hydroxylation sites is 1. The minimum absolute atomic E-state index is 0.0467. The van der Waals surface area contributed by atoms with Gasteiger partial charge < -0.3 is 14.5 Å². The highest BCUT2D eigenvalue weighted by atomic mass is 16.2. The van der Waals surface area contributed by atoms with Crippen LogP contribution in [0.25, 0.3) is 10.9 Å². The zero-order valence-electron chi connectivity index (χ0n) is 15.2. The molecule has 0 aliphatic rings. The molecule has 0 fully saturated rings. The summed E-state index contributed by atoms with van der Waals surface area (Å²) < 4.78 is 3.73. The van der Waals surface area contributed by atoms with Gasteiger partial charge in [-0.25, -0.2) is 4.98 Å². The van der Waals surface area contributed by atoms with Crippen LogP contribution in [-0.4, -0.2) is 20.0 Å². The summed E-state index contributed by atoms with van der Waals surface area (Å²) in [5.74, 6) is -0.122. The molecule has 1 atom stereocenters. The van der Waals surface area contributed by atoms with Crippen molar-refractivity contribution in [3.63, 3.8) is 0 Å². The number of aromatic nitrogens is 3. The topological polar surface area (TPSA) is 68.9 Å². The second kappa shape index (κ2) is 7.92. The van der Waals surface area contributed by atoms with Gasteiger partial charge in [-0.3, -0.25) is 9.59 Å². The molecular weight excluding hydrogens is 352 g/mol. The molecule has 0 spiro atoms. The highest BCUT2D eigenvalue weighted by molar-refractivity contribution is 5.82. The molecule has 6 heteroatoms. The van der Waals surface area contributed by atoms with E-state index in [0.717, 1.165) is 11.1 Å². The van der Waals surface area contributed by atoms with Gasteiger partial charge in [-0.15, -0.1) is 0 Å². The zero-order chi connectivity index (χ0) is 19.3. The van der Waals surface area contributed by atoms with Crippen molar-refractivity contribution >= 4 is 16.8 Å². The van der Waals surface area contributed by atoms with E-state index in [1.165, 1.54) is 6.07 Å². The fraction of sp³-hybridized carbons (Fsp3) is 0.136. The molecule has 0 saturated heterocycles. The summed E-state index contributed by atoms with van der Waals surface area (Å²) >= 11 is 0. The summed E-state index contributed by atoms with van der Waals surface area (Å²) in [5, 5.41) is 3.72. The van der Waals surface area contributed by atoms with Crippen LogP contribution in [0.1, 0.15) is 11.6 Å². The Balaban J connectivity index is 1.57. The Morgan fingerprint density at radius 1 is 1.00 bits per heavy atom. The number of rotatable bonds is 6. The number of nitrogens with zero attached hydrogens (tertiary/aromatic N) is 3. The first-order chi connectivity index (χ1) is 13.7. The Morgan fingerprint density at radius 3 is 2.57 bits per heavy atom. The van der Waals surface area contributed by atoms with Crippen molar-refractivity contribution in [1.29, 1.82) is 0 Å². The Labute approximate surface area is 162 Å². The van der Waals surface area contributed by atoms with Crippen molar-refractivity contribution in [2.75, 3.05) is 0 Å². The molecule has 4 aromatic rings. The fourth-order valence-electron chi connectivity index (χ4n) is 3.32. The standard InChI is InChI=1S/C22H20N4O2/c27-21-10-12-26(20-9-5-4-8-18(20)21)15-22(28)24-19(14-25-13-11-23-16-25)17-6-2-1-3-7-17/h1-13,16,19H,14-15H2,(H,24,28). The lowest BCUT2D eigenvalue weighted by atomic mass is 10.1. The number of hydrogen-bond acceptors (Lipinski definition) is 3. The average Bonchev–Trinajstić information content (AvgIpc) is 3.24. The molecule has 6 nitrogen and oxygen atoms in total. The number of amides is 1. The highest BCUT2D eigenvalue weighted by Gasteiger charge is 2.16. The predicted octanol–water partition coefficient (Wildman–Crippen LogP) is 2.76. The number of nitrogens with one attached hydrogen (secondary N) is 1. The highest BCUT2D eigenvalue weighted by Crippen LogP contribution is 2.16. The van der Waals surface area contributed by atoms with Gasteiger partial charge >= 0.3 is 0 Å². The average molecular weight is 372 g/mol. The molecular formula is C22H20N4O2. The minimum Gasteiger partial charge on any atom is -0.346 e. The summed E-state index contributed by atoms with van der Waals surface area (Å²) in [6.45, 7) is 0.717. The molecule has 1 N–H and O–H groups in total. The maximum atomic E-state index is 12.8. The maximum Gasteiger partial charge on any atom is 0.240 e. The number of carbonyl (C=O) groups excluding carboxylic acids is 1. The summed E-state index contributed by atoms with van der Waals surface area (Å²) in [6, 6.07) is 18.5. The first-order valence-electron chi connectivity index (χ1n) is 9.09. The van der Waals surface area contributed by atoms with E-state index in [1.807, 2.05) is 59.3 Å². The normalized spacial score (nSPS) is 12.0. The lowest BCUT2D eigenvalue weighted by Gasteiger charge is -2.20. The first-order valence-corrected chi connectivity index (χ1v) is 9.09. The van der Waals surface area contributed by atoms with Gasteiger partial charge in [0.15, 0.2) is 5.43 Å². The van der Waals surface area contributed by atoms with E-state index in [2.05, 4.69) is 10.3 Å². The maximum absolute atomic E-state index is 12.8. The Kier molecular flexibility index (Phi) is 5.01. The molecule has 0 bridgehead atoms. The van der Waals surface area contributed by atoms with Crippen molar-refractivity contribution in [3.05, 3.63) is 101 Å². The molecule has 2 heterocycles. The van der Waals surface area contributed by atoms with Gasteiger partial charge in [-0.2, -0.15) is 0 Å². The second-order valence-electron chi connectivity index (χ2n) is 6.62. The van der Waals surface area contributed by atoms with Gasteiger partial charge in [0.25, 0.3) is 0 Å². The second-order valence-corrected chi connectivity index (χ2v) is 6.62. The third-order valence-corrected chi connectivity index (χ3v) is 4.69. The summed E-state index contributed by atoms with van der Waals surface area (Å²) in [6.07, 6.45) is 6.99. The molecule has 1 amide bonds. The van der Waals surface area contributed by atoms with E-state index in [1.54, 1.807) is 29.4 Å². The molecule has 0 saturated carbocycles. The van der Waals surface area contributed by atoms with Crippen LogP contribution in [0.2, 0.25) is 0 Å². The van der Waals surface area contributed by atoms with E-state index in [0.29, 0.717) is 11.9 Å². The van der Waals surface area contributed by atoms with Crippen molar-refractivity contribution in [2.45, 2.75) is 19.1 Å². The smallest absolute Gasteiger partial charge is 0.240 e. The number of hydrogen-bond donors (Lipinski definition) is 1. The van der Waals surface area contributed by atoms with Gasteiger partial charge in [0.05, 0.1) is 17.9 Å². The van der Waals surface area contributed by atoms with Gasteiger partial charge in [-0.1, -0.05) is 42.5 Å². The van der Waals surface area contributed by atoms with Crippen LogP contribution in [0.3, 0.4) is 0 Å². The van der Waals surface area contributed by atoms with Crippen LogP contribution in [0, 0.1) is 0 Å². The lowest BCUT2D eigenvalue weighted by Crippen LogP contribution is -2.34. The number of pyridine rings is 1. The van der Waals surface area contributed by atoms with Crippen LogP contribution in [0.5, 0.6) is 0 Å². The first kappa shape index (κ1) is 17.7. The fourth-order valence-corrected chi connectivity index (χ4v) is 3.32. The SMILES string of the molecule is O=C(Cn1ccc(=O)c2ccccc21)NC(Cn1ccnc1)c1ccccc1. The Morgan fingerprint density at radius 2 is 1.79 bits per heavy atom. The van der Waals surface area contributed by atoms with Crippen LogP contribution < -0.4 is 10.7 Å². The molecule has 140 valence electrons. The Bertz CT molecular complexity index is 1130. The molecule has 2 aromatic heterocycles. The van der Waals surface area contributed by atoms with Crippen LogP contribution in [-0.2, 0) is 17.9 Å². The quantitative estimate of drug-likeness (QED) is 0.566. The van der Waals surface area contributed by atoms with Crippen molar-refractivity contribution < 1.29 is 4.79 Å². The van der Waals surface area contributed by atoms with Crippen molar-refractivity contribution in [2.24, 2.45) is 0 Å². The summed E-state index contributed by atoms with van der Waals surface area (Å²) in [7, 11) is 0. The lowest BCUT2D eigenvalue weighted by molar-refractivity contribution is -0.122. The van der Waals surface area contributed by atoms with Gasteiger partial charge in [0.1, 0.15) is 6.54 Å². The number of imidazole rings is 1. The van der Waals surface area contributed by atoms with E-state index in [4.69, 9.17) is 0 Å². The molecule has 2 aromatic carbocycles. The van der Waals surface area contributed by atoms with Crippen LogP contribution >= 0.6 is 0 Å². The largest absolute Gasteiger partial charge is 0.346 e. The molecule has 0 aliphatic heterocycles. The van der Waals surface area contributed by atoms with E-state index < -0.39 is 0 Å². The Hall–Kier alpha value is -3.67. The van der Waals surface area contributed by atoms with E-state index in [-0.39, 0.29) is 23.9 Å². The number of benzene rings is 2. The third kappa shape index (κ3) is 3.86. The predicted molar refractivity (Wildman–Crippen MR) is 108 cm³/mol. The van der Waals surface area contributed by atoms with E-state index >= 15 is 0 Å².